The third kappa shape index (κ3) is 7.38. The second kappa shape index (κ2) is 16.3. The second-order valence-electron chi connectivity index (χ2n) is 9.67. The van der Waals surface area contributed by atoms with Crippen molar-refractivity contribution in [1.82, 2.24) is 9.97 Å². The van der Waals surface area contributed by atoms with E-state index in [2.05, 4.69) is 20.0 Å². The van der Waals surface area contributed by atoms with Crippen LogP contribution in [0.4, 0.5) is 0 Å². The number of methoxy groups -OCH3 is 6. The predicted molar refractivity (Wildman–Crippen MR) is 179 cm³/mol. The standard InChI is InChI=1S/2C18H17N2O3.Fe/c2*1-21-15-10-12(11-16(22-2)18(15)23-3)17(13-6-4-8-19-13)14-7-5-9-20-14;/h2*4-11H,1-3H3;/q2*-1;+2/b2*17-13-;. The minimum Gasteiger partial charge on any atom is -0.664 e. The number of rotatable bonds is 10. The monoisotopic (exact) mass is 674 g/mol. The maximum Gasteiger partial charge on any atom is 2.00 e. The molecule has 0 unspecified atom stereocenters. The van der Waals surface area contributed by atoms with Gasteiger partial charge in [0, 0.05) is 12.4 Å². The van der Waals surface area contributed by atoms with Crippen LogP contribution in [0.3, 0.4) is 0 Å². The number of aromatic nitrogens is 2. The fraction of sp³-hybridized carbons (Fsp3) is 0.167. The Balaban J connectivity index is 0.000000208. The van der Waals surface area contributed by atoms with E-state index < -0.39 is 0 Å². The molecule has 0 spiro atoms. The summed E-state index contributed by atoms with van der Waals surface area (Å²) in [6, 6.07) is 15.3. The number of benzene rings is 2. The Hall–Kier alpha value is -5.38. The molecule has 0 radical (unpaired) electrons. The second-order valence-corrected chi connectivity index (χ2v) is 9.67. The van der Waals surface area contributed by atoms with Crippen molar-refractivity contribution in [3.8, 4) is 34.5 Å². The summed E-state index contributed by atoms with van der Waals surface area (Å²) in [7, 11) is 9.57. The van der Waals surface area contributed by atoms with Gasteiger partial charge < -0.3 is 38.4 Å². The van der Waals surface area contributed by atoms with E-state index in [4.69, 9.17) is 28.4 Å². The molecule has 47 heavy (non-hydrogen) atoms. The van der Waals surface area contributed by atoms with Crippen LogP contribution < -0.4 is 38.4 Å². The number of ether oxygens (including phenoxy) is 6. The normalized spacial score (nSPS) is 14.6. The van der Waals surface area contributed by atoms with Crippen molar-refractivity contribution in [1.29, 1.82) is 0 Å². The van der Waals surface area contributed by atoms with Gasteiger partial charge in [0.25, 0.3) is 0 Å². The van der Waals surface area contributed by atoms with Gasteiger partial charge in [-0.15, -0.1) is 11.4 Å². The molecule has 0 N–H and O–H groups in total. The van der Waals surface area contributed by atoms with Crippen LogP contribution in [0, 0.1) is 0 Å². The molecule has 4 heterocycles. The minimum atomic E-state index is 0. The van der Waals surface area contributed by atoms with Crippen molar-refractivity contribution in [2.24, 2.45) is 9.98 Å². The molecule has 6 rings (SSSR count). The SMILES string of the molecule is COc1cc(/C(=C2\C=CC=N2)c2ccc[n-]2)cc(OC)c1OC.COc1cc(/C(=C2\C=CC=N2)c2ccc[n-]2)cc(OC)c1OC.[Fe+2]. The first kappa shape index (κ1) is 34.5. The molecular formula is C36H34FeN4O6. The Morgan fingerprint density at radius 3 is 1.13 bits per heavy atom. The van der Waals surface area contributed by atoms with Crippen molar-refractivity contribution in [3.05, 3.63) is 119 Å². The molecule has 0 atom stereocenters. The number of hydrogen-bond donors (Lipinski definition) is 0. The molecule has 2 aromatic heterocycles. The van der Waals surface area contributed by atoms with Gasteiger partial charge in [-0.2, -0.15) is 12.4 Å². The fourth-order valence-electron chi connectivity index (χ4n) is 5.10. The number of nitrogens with zero attached hydrogens (tertiary/aromatic N) is 4. The summed E-state index contributed by atoms with van der Waals surface area (Å²) in [4.78, 5) is 17.7. The third-order valence-electron chi connectivity index (χ3n) is 7.15. The van der Waals surface area contributed by atoms with E-state index in [9.17, 15) is 0 Å². The van der Waals surface area contributed by atoms with E-state index in [1.165, 1.54) is 0 Å². The van der Waals surface area contributed by atoms with Crippen LogP contribution in [0.1, 0.15) is 22.5 Å². The van der Waals surface area contributed by atoms with E-state index in [1.54, 1.807) is 67.5 Å². The maximum atomic E-state index is 5.45. The molecular weight excluding hydrogens is 640 g/mol. The van der Waals surface area contributed by atoms with E-state index in [0.29, 0.717) is 34.5 Å². The smallest absolute Gasteiger partial charge is 0.664 e. The molecule has 0 saturated carbocycles. The number of aliphatic imine (C=N–C) groups is 2. The minimum absolute atomic E-state index is 0. The summed E-state index contributed by atoms with van der Waals surface area (Å²) < 4.78 is 32.5. The van der Waals surface area contributed by atoms with Crippen molar-refractivity contribution in [2.45, 2.75) is 0 Å². The molecule has 242 valence electrons. The Kier molecular flexibility index (Phi) is 11.9. The summed E-state index contributed by atoms with van der Waals surface area (Å²) in [5.74, 6) is 3.50. The van der Waals surface area contributed by atoms with E-state index in [0.717, 1.165) is 45.1 Å². The van der Waals surface area contributed by atoms with E-state index >= 15 is 0 Å². The molecule has 4 aromatic rings. The van der Waals surface area contributed by atoms with Crippen LogP contribution in [-0.4, -0.2) is 55.1 Å². The molecule has 0 fully saturated rings. The summed E-state index contributed by atoms with van der Waals surface area (Å²) in [5.41, 5.74) is 7.01. The topological polar surface area (TPSA) is 108 Å². The van der Waals surface area contributed by atoms with Gasteiger partial charge in [0.2, 0.25) is 11.5 Å². The van der Waals surface area contributed by atoms with Crippen LogP contribution >= 0.6 is 0 Å². The quantitative estimate of drug-likeness (QED) is 0.185. The van der Waals surface area contributed by atoms with Crippen molar-refractivity contribution in [2.75, 3.05) is 42.7 Å². The van der Waals surface area contributed by atoms with Gasteiger partial charge in [-0.3, -0.25) is 9.98 Å². The van der Waals surface area contributed by atoms with Crippen molar-refractivity contribution < 1.29 is 45.5 Å². The molecule has 2 aliphatic rings. The zero-order valence-corrected chi connectivity index (χ0v) is 27.9. The molecule has 0 amide bonds. The van der Waals surface area contributed by atoms with Gasteiger partial charge >= 0.3 is 17.1 Å². The largest absolute Gasteiger partial charge is 2.00 e. The first-order valence-corrected chi connectivity index (χ1v) is 14.2. The zero-order chi connectivity index (χ0) is 32.5. The third-order valence-corrected chi connectivity index (χ3v) is 7.15. The fourth-order valence-corrected chi connectivity index (χ4v) is 5.10. The molecule has 0 aliphatic carbocycles. The Morgan fingerprint density at radius 2 is 0.894 bits per heavy atom. The van der Waals surface area contributed by atoms with Gasteiger partial charge in [-0.05, 0) is 70.8 Å². The predicted octanol–water partition coefficient (Wildman–Crippen LogP) is 6.14. The summed E-state index contributed by atoms with van der Waals surface area (Å²) in [5, 5.41) is 0. The van der Waals surface area contributed by atoms with Gasteiger partial charge in [0.15, 0.2) is 23.0 Å². The number of allylic oxidation sites excluding steroid dienone is 4. The van der Waals surface area contributed by atoms with Crippen LogP contribution in [0.15, 0.2) is 107 Å². The first-order valence-electron chi connectivity index (χ1n) is 14.2. The van der Waals surface area contributed by atoms with Crippen LogP contribution in [0.25, 0.3) is 11.1 Å². The average Bonchev–Trinajstić information content (AvgIpc) is 3.94. The Morgan fingerprint density at radius 1 is 0.532 bits per heavy atom. The summed E-state index contributed by atoms with van der Waals surface area (Å²) >= 11 is 0. The van der Waals surface area contributed by atoms with Gasteiger partial charge in [-0.1, -0.05) is 24.3 Å². The summed E-state index contributed by atoms with van der Waals surface area (Å²) in [6.45, 7) is 0. The summed E-state index contributed by atoms with van der Waals surface area (Å²) in [6.07, 6.45) is 14.7. The number of hydrogen-bond acceptors (Lipinski definition) is 8. The van der Waals surface area contributed by atoms with Gasteiger partial charge in [-0.25, -0.2) is 0 Å². The molecule has 0 bridgehead atoms. The van der Waals surface area contributed by atoms with Crippen LogP contribution in [-0.2, 0) is 17.1 Å². The molecule has 2 aromatic carbocycles. The first-order chi connectivity index (χ1) is 22.6. The van der Waals surface area contributed by atoms with E-state index in [1.807, 2.05) is 72.8 Å². The van der Waals surface area contributed by atoms with E-state index in [-0.39, 0.29) is 17.1 Å². The molecule has 2 aliphatic heterocycles. The van der Waals surface area contributed by atoms with Crippen LogP contribution in [0.5, 0.6) is 34.5 Å². The van der Waals surface area contributed by atoms with Gasteiger partial charge in [0.05, 0.1) is 54.1 Å². The molecule has 11 heteroatoms. The van der Waals surface area contributed by atoms with Crippen molar-refractivity contribution >= 4 is 23.6 Å². The van der Waals surface area contributed by atoms with Gasteiger partial charge in [0.1, 0.15) is 0 Å². The zero-order valence-electron chi connectivity index (χ0n) is 26.8. The Bertz CT molecular complexity index is 1640. The Labute approximate surface area is 284 Å². The molecule has 0 saturated heterocycles. The molecule has 10 nitrogen and oxygen atoms in total. The maximum absolute atomic E-state index is 5.45. The average molecular weight is 675 g/mol. The van der Waals surface area contributed by atoms with Crippen molar-refractivity contribution in [3.63, 3.8) is 0 Å². The van der Waals surface area contributed by atoms with Crippen LogP contribution in [0.2, 0.25) is 0 Å².